The standard InChI is InChI=1S/C14H11ClN2/c15-11-6-3-7-12-13(11)9-4-1-2-5-10(9)14(16)8-17(12)14/h1-7H,8,16H2. The summed E-state index contributed by atoms with van der Waals surface area (Å²) >= 11 is 6.33. The maximum atomic E-state index is 6.41. The van der Waals surface area contributed by atoms with Crippen LogP contribution in [0.4, 0.5) is 5.69 Å². The molecule has 0 radical (unpaired) electrons. The Balaban J connectivity index is 2.13. The Kier molecular flexibility index (Phi) is 1.59. The fraction of sp³-hybridized carbons (Fsp3) is 0.143. The number of nitrogens with two attached hydrogens (primary N) is 1. The first-order valence-electron chi connectivity index (χ1n) is 5.67. The molecule has 1 saturated heterocycles. The molecule has 0 spiro atoms. The number of hydrogen-bond donors (Lipinski definition) is 1. The molecule has 0 aliphatic carbocycles. The van der Waals surface area contributed by atoms with Crippen LogP contribution in [0.5, 0.6) is 0 Å². The first-order chi connectivity index (χ1) is 8.22. The van der Waals surface area contributed by atoms with Crippen LogP contribution in [-0.4, -0.2) is 6.54 Å². The molecule has 4 rings (SSSR count). The van der Waals surface area contributed by atoms with E-state index in [4.69, 9.17) is 17.3 Å². The summed E-state index contributed by atoms with van der Waals surface area (Å²) in [6.45, 7) is 0.872. The molecule has 1 atom stereocenters. The van der Waals surface area contributed by atoms with E-state index in [-0.39, 0.29) is 5.66 Å². The molecule has 0 saturated carbocycles. The lowest BCUT2D eigenvalue weighted by molar-refractivity contribution is 0.746. The van der Waals surface area contributed by atoms with Crippen molar-refractivity contribution in [2.45, 2.75) is 5.66 Å². The molecule has 2 heterocycles. The third-order valence-electron chi connectivity index (χ3n) is 3.72. The summed E-state index contributed by atoms with van der Waals surface area (Å²) in [4.78, 5) is 2.20. The van der Waals surface area contributed by atoms with Crippen LogP contribution in [0.25, 0.3) is 11.1 Å². The molecule has 2 aliphatic rings. The van der Waals surface area contributed by atoms with Gasteiger partial charge in [0.15, 0.2) is 0 Å². The van der Waals surface area contributed by atoms with Crippen molar-refractivity contribution in [2.24, 2.45) is 5.73 Å². The molecule has 1 unspecified atom stereocenters. The molecule has 1 fully saturated rings. The number of halogens is 1. The molecular formula is C14H11ClN2. The summed E-state index contributed by atoms with van der Waals surface area (Å²) in [7, 11) is 0. The van der Waals surface area contributed by atoms with Crippen LogP contribution in [0.15, 0.2) is 42.5 Å². The first kappa shape index (κ1) is 9.51. The van der Waals surface area contributed by atoms with Crippen LogP contribution in [0, 0.1) is 0 Å². The summed E-state index contributed by atoms with van der Waals surface area (Å²) in [5.74, 6) is 0. The van der Waals surface area contributed by atoms with E-state index in [0.717, 1.165) is 22.8 Å². The van der Waals surface area contributed by atoms with Gasteiger partial charge in [-0.1, -0.05) is 41.9 Å². The van der Waals surface area contributed by atoms with Gasteiger partial charge in [-0.25, -0.2) is 0 Å². The van der Waals surface area contributed by atoms with Gasteiger partial charge in [0.2, 0.25) is 0 Å². The highest BCUT2D eigenvalue weighted by Gasteiger charge is 2.55. The van der Waals surface area contributed by atoms with Crippen molar-refractivity contribution in [1.29, 1.82) is 0 Å². The Morgan fingerprint density at radius 1 is 1.12 bits per heavy atom. The van der Waals surface area contributed by atoms with Crippen LogP contribution in [0.3, 0.4) is 0 Å². The van der Waals surface area contributed by atoms with Crippen molar-refractivity contribution in [3.8, 4) is 11.1 Å². The highest BCUT2D eigenvalue weighted by Crippen LogP contribution is 2.55. The minimum absolute atomic E-state index is 0.311. The fourth-order valence-electron chi connectivity index (χ4n) is 2.82. The maximum absolute atomic E-state index is 6.41. The van der Waals surface area contributed by atoms with E-state index < -0.39 is 0 Å². The number of rotatable bonds is 0. The SMILES string of the molecule is NC12CN1c1cccc(Cl)c1-c1ccccc12. The summed E-state index contributed by atoms with van der Waals surface area (Å²) in [6.07, 6.45) is 0. The van der Waals surface area contributed by atoms with E-state index in [9.17, 15) is 0 Å². The van der Waals surface area contributed by atoms with Crippen LogP contribution in [0.1, 0.15) is 5.56 Å². The lowest BCUT2D eigenvalue weighted by Gasteiger charge is -2.26. The molecule has 2 nitrogen and oxygen atoms in total. The van der Waals surface area contributed by atoms with E-state index in [1.54, 1.807) is 0 Å². The first-order valence-corrected chi connectivity index (χ1v) is 6.04. The average molecular weight is 243 g/mol. The highest BCUT2D eigenvalue weighted by molar-refractivity contribution is 6.34. The van der Waals surface area contributed by atoms with Crippen LogP contribution >= 0.6 is 11.6 Å². The number of benzene rings is 2. The van der Waals surface area contributed by atoms with E-state index in [1.165, 1.54) is 11.1 Å². The maximum Gasteiger partial charge on any atom is 0.133 e. The van der Waals surface area contributed by atoms with Crippen molar-refractivity contribution in [1.82, 2.24) is 0 Å². The third kappa shape index (κ3) is 1.05. The van der Waals surface area contributed by atoms with E-state index >= 15 is 0 Å². The third-order valence-corrected chi connectivity index (χ3v) is 4.04. The Morgan fingerprint density at radius 3 is 2.82 bits per heavy atom. The molecule has 2 aromatic carbocycles. The summed E-state index contributed by atoms with van der Waals surface area (Å²) < 4.78 is 0. The molecule has 0 aromatic heterocycles. The van der Waals surface area contributed by atoms with Crippen LogP contribution in [-0.2, 0) is 5.66 Å². The van der Waals surface area contributed by atoms with Crippen LogP contribution < -0.4 is 10.6 Å². The molecule has 0 amide bonds. The molecular weight excluding hydrogens is 232 g/mol. The van der Waals surface area contributed by atoms with Crippen molar-refractivity contribution < 1.29 is 0 Å². The van der Waals surface area contributed by atoms with Gasteiger partial charge in [0.25, 0.3) is 0 Å². The quantitative estimate of drug-likeness (QED) is 0.720. The average Bonchev–Trinajstić information content (AvgIpc) is 3.03. The fourth-order valence-corrected chi connectivity index (χ4v) is 3.09. The van der Waals surface area contributed by atoms with Gasteiger partial charge in [0, 0.05) is 16.8 Å². The van der Waals surface area contributed by atoms with Gasteiger partial charge in [-0.3, -0.25) is 0 Å². The Hall–Kier alpha value is -1.51. The second kappa shape index (κ2) is 2.84. The minimum Gasteiger partial charge on any atom is -0.343 e. The monoisotopic (exact) mass is 242 g/mol. The van der Waals surface area contributed by atoms with Gasteiger partial charge >= 0.3 is 0 Å². The summed E-state index contributed by atoms with van der Waals surface area (Å²) in [5.41, 5.74) is 10.7. The van der Waals surface area contributed by atoms with E-state index in [2.05, 4.69) is 23.1 Å². The Labute approximate surface area is 105 Å². The lowest BCUT2D eigenvalue weighted by Crippen LogP contribution is -2.30. The predicted molar refractivity (Wildman–Crippen MR) is 70.1 cm³/mol. The summed E-state index contributed by atoms with van der Waals surface area (Å²) in [5, 5.41) is 0.795. The number of fused-ring (bicyclic) bond motifs is 6. The van der Waals surface area contributed by atoms with Crippen molar-refractivity contribution in [2.75, 3.05) is 11.4 Å². The summed E-state index contributed by atoms with van der Waals surface area (Å²) in [6, 6.07) is 14.3. The molecule has 2 aliphatic heterocycles. The number of anilines is 1. The predicted octanol–water partition coefficient (Wildman–Crippen LogP) is 2.95. The minimum atomic E-state index is -0.311. The number of nitrogens with zero attached hydrogens (tertiary/aromatic N) is 1. The zero-order valence-corrected chi connectivity index (χ0v) is 9.91. The van der Waals surface area contributed by atoms with Gasteiger partial charge in [-0.2, -0.15) is 0 Å². The van der Waals surface area contributed by atoms with Gasteiger partial charge in [-0.05, 0) is 17.7 Å². The second-order valence-electron chi connectivity index (χ2n) is 4.69. The number of hydrogen-bond acceptors (Lipinski definition) is 2. The van der Waals surface area contributed by atoms with Gasteiger partial charge in [0.1, 0.15) is 5.66 Å². The molecule has 84 valence electrons. The second-order valence-corrected chi connectivity index (χ2v) is 5.10. The largest absolute Gasteiger partial charge is 0.343 e. The topological polar surface area (TPSA) is 29.0 Å². The zero-order chi connectivity index (χ0) is 11.6. The molecule has 0 bridgehead atoms. The zero-order valence-electron chi connectivity index (χ0n) is 9.15. The van der Waals surface area contributed by atoms with E-state index in [1.807, 2.05) is 24.3 Å². The lowest BCUT2D eigenvalue weighted by atomic mass is 9.91. The Morgan fingerprint density at radius 2 is 1.94 bits per heavy atom. The molecule has 2 aromatic rings. The smallest absolute Gasteiger partial charge is 0.133 e. The van der Waals surface area contributed by atoms with Gasteiger partial charge in [0.05, 0.1) is 11.6 Å². The van der Waals surface area contributed by atoms with Crippen molar-refractivity contribution >= 4 is 17.3 Å². The van der Waals surface area contributed by atoms with Crippen molar-refractivity contribution in [3.63, 3.8) is 0 Å². The van der Waals surface area contributed by atoms with Gasteiger partial charge in [-0.15, -0.1) is 0 Å². The van der Waals surface area contributed by atoms with Crippen molar-refractivity contribution in [3.05, 3.63) is 53.1 Å². The molecule has 17 heavy (non-hydrogen) atoms. The molecule has 2 N–H and O–H groups in total. The Bertz CT molecular complexity index is 638. The normalized spacial score (nSPS) is 23.8. The van der Waals surface area contributed by atoms with E-state index in [0.29, 0.717) is 0 Å². The molecule has 3 heteroatoms. The van der Waals surface area contributed by atoms with Crippen LogP contribution in [0.2, 0.25) is 5.02 Å². The van der Waals surface area contributed by atoms with Gasteiger partial charge < -0.3 is 10.6 Å². The highest BCUT2D eigenvalue weighted by atomic mass is 35.5.